The summed E-state index contributed by atoms with van der Waals surface area (Å²) >= 11 is 3.53. The van der Waals surface area contributed by atoms with Gasteiger partial charge in [0, 0.05) is 28.5 Å². The van der Waals surface area contributed by atoms with Gasteiger partial charge in [-0.15, -0.1) is 0 Å². The summed E-state index contributed by atoms with van der Waals surface area (Å²) in [5.74, 6) is -0.410. The molecule has 0 bridgehead atoms. The van der Waals surface area contributed by atoms with Gasteiger partial charge in [-0.25, -0.2) is 0 Å². The normalized spacial score (nSPS) is 20.0. The third kappa shape index (κ3) is 2.39. The number of carbonyl (C=O) groups excluding carboxylic acids is 2. The van der Waals surface area contributed by atoms with Gasteiger partial charge in [0.05, 0.1) is 11.3 Å². The Morgan fingerprint density at radius 3 is 2.45 bits per heavy atom. The van der Waals surface area contributed by atoms with Gasteiger partial charge in [-0.05, 0) is 49.4 Å². The molecular weight excluding hydrogens is 430 g/mol. The van der Waals surface area contributed by atoms with Crippen LogP contribution in [0.3, 0.4) is 0 Å². The fraction of sp³-hybridized carbons (Fsp3) is 0.130. The fourth-order valence-electron chi connectivity index (χ4n) is 4.20. The van der Waals surface area contributed by atoms with Crippen LogP contribution in [0.2, 0.25) is 0 Å². The first-order chi connectivity index (χ1) is 13.9. The Morgan fingerprint density at radius 2 is 1.69 bits per heavy atom. The second-order valence-electron chi connectivity index (χ2n) is 7.38. The highest BCUT2D eigenvalue weighted by Crippen LogP contribution is 2.49. The molecule has 6 heteroatoms. The molecule has 0 aliphatic carbocycles. The van der Waals surface area contributed by atoms with Crippen LogP contribution < -0.4 is 15.1 Å². The van der Waals surface area contributed by atoms with Crippen LogP contribution in [0.25, 0.3) is 0 Å². The molecule has 1 spiro atoms. The molecule has 3 aromatic rings. The van der Waals surface area contributed by atoms with Crippen molar-refractivity contribution in [1.82, 2.24) is 0 Å². The molecule has 0 saturated carbocycles. The van der Waals surface area contributed by atoms with Gasteiger partial charge in [-0.2, -0.15) is 0 Å². The minimum Gasteiger partial charge on any atom is -0.350 e. The van der Waals surface area contributed by atoms with Gasteiger partial charge in [-0.1, -0.05) is 45.8 Å². The number of aryl methyl sites for hydroxylation is 1. The van der Waals surface area contributed by atoms with Crippen molar-refractivity contribution in [1.29, 1.82) is 0 Å². The number of para-hydroxylation sites is 1. The van der Waals surface area contributed by atoms with Crippen molar-refractivity contribution in [3.8, 4) is 0 Å². The summed E-state index contributed by atoms with van der Waals surface area (Å²) in [7, 11) is 1.74. The number of nitrogens with zero attached hydrogens (tertiary/aromatic N) is 2. The average Bonchev–Trinajstić information content (AvgIpc) is 2.91. The summed E-state index contributed by atoms with van der Waals surface area (Å²) < 4.78 is 0.843. The van der Waals surface area contributed by atoms with E-state index in [1.807, 2.05) is 67.6 Å². The van der Waals surface area contributed by atoms with Crippen LogP contribution in [-0.2, 0) is 10.5 Å². The van der Waals surface area contributed by atoms with Crippen molar-refractivity contribution in [2.24, 2.45) is 0 Å². The third-order valence-corrected chi connectivity index (χ3v) is 6.12. The summed E-state index contributed by atoms with van der Waals surface area (Å²) in [6.45, 7) is 1.99. The van der Waals surface area contributed by atoms with E-state index in [1.165, 1.54) is 0 Å². The van der Waals surface area contributed by atoms with E-state index in [1.54, 1.807) is 22.9 Å². The van der Waals surface area contributed by atoms with Gasteiger partial charge in [-0.3, -0.25) is 14.5 Å². The SMILES string of the molecule is Cc1ccc(N2C(=O)c3ccccc3NC23C(=O)N(C)c2ccc(Br)cc23)cc1. The molecule has 0 saturated heterocycles. The van der Waals surface area contributed by atoms with Crippen LogP contribution >= 0.6 is 15.9 Å². The van der Waals surface area contributed by atoms with Gasteiger partial charge in [0.25, 0.3) is 11.8 Å². The fourth-order valence-corrected chi connectivity index (χ4v) is 4.56. The van der Waals surface area contributed by atoms with E-state index in [9.17, 15) is 9.59 Å². The van der Waals surface area contributed by atoms with E-state index in [0.29, 0.717) is 16.9 Å². The maximum Gasteiger partial charge on any atom is 0.278 e. The number of halogens is 1. The smallest absolute Gasteiger partial charge is 0.278 e. The average molecular weight is 448 g/mol. The molecule has 1 atom stereocenters. The van der Waals surface area contributed by atoms with E-state index in [2.05, 4.69) is 21.2 Å². The van der Waals surface area contributed by atoms with Crippen molar-refractivity contribution in [3.63, 3.8) is 0 Å². The highest BCUT2D eigenvalue weighted by atomic mass is 79.9. The molecule has 3 aromatic carbocycles. The van der Waals surface area contributed by atoms with Gasteiger partial charge in [0.1, 0.15) is 0 Å². The summed E-state index contributed by atoms with van der Waals surface area (Å²) in [5, 5.41) is 3.42. The number of benzene rings is 3. The lowest BCUT2D eigenvalue weighted by Gasteiger charge is -2.45. The second-order valence-corrected chi connectivity index (χ2v) is 8.30. The maximum absolute atomic E-state index is 13.7. The Morgan fingerprint density at radius 1 is 0.966 bits per heavy atom. The molecule has 2 heterocycles. The van der Waals surface area contributed by atoms with E-state index >= 15 is 0 Å². The molecule has 1 unspecified atom stereocenters. The number of anilines is 3. The largest absolute Gasteiger partial charge is 0.350 e. The Hall–Kier alpha value is -3.12. The first kappa shape index (κ1) is 17.9. The van der Waals surface area contributed by atoms with Crippen LogP contribution in [-0.4, -0.2) is 18.9 Å². The molecule has 2 amide bonds. The molecule has 1 N–H and O–H groups in total. The van der Waals surface area contributed by atoms with Crippen molar-refractivity contribution in [2.45, 2.75) is 12.6 Å². The Labute approximate surface area is 177 Å². The van der Waals surface area contributed by atoms with E-state index < -0.39 is 5.66 Å². The Balaban J connectivity index is 1.84. The number of hydrogen-bond acceptors (Lipinski definition) is 3. The molecule has 0 radical (unpaired) electrons. The lowest BCUT2D eigenvalue weighted by Crippen LogP contribution is -2.62. The number of carbonyl (C=O) groups is 2. The second kappa shape index (κ2) is 6.19. The van der Waals surface area contributed by atoms with Crippen LogP contribution in [0.1, 0.15) is 21.5 Å². The van der Waals surface area contributed by atoms with Gasteiger partial charge < -0.3 is 10.2 Å². The topological polar surface area (TPSA) is 52.7 Å². The molecule has 0 fully saturated rings. The first-order valence-corrected chi connectivity index (χ1v) is 10.1. The molecule has 144 valence electrons. The highest BCUT2D eigenvalue weighted by Gasteiger charge is 2.59. The molecule has 5 rings (SSSR count). The summed E-state index contributed by atoms with van der Waals surface area (Å²) in [6, 6.07) is 20.7. The minimum absolute atomic E-state index is 0.200. The molecule has 0 aromatic heterocycles. The standard InChI is InChI=1S/C23H18BrN3O2/c1-14-7-10-16(11-8-14)27-21(28)17-5-3-4-6-19(17)25-23(27)18-13-15(24)9-12-20(18)26(2)22(23)29/h3-13,25H,1-2H3. The number of likely N-dealkylation sites (N-methyl/N-ethyl adjacent to an activating group) is 1. The molecule has 2 aliphatic rings. The van der Waals surface area contributed by atoms with E-state index in [4.69, 9.17) is 0 Å². The number of fused-ring (bicyclic) bond motifs is 3. The van der Waals surface area contributed by atoms with Crippen molar-refractivity contribution in [2.75, 3.05) is 22.2 Å². The van der Waals surface area contributed by atoms with Crippen molar-refractivity contribution >= 4 is 44.8 Å². The number of rotatable bonds is 1. The van der Waals surface area contributed by atoms with Gasteiger partial charge in [0.2, 0.25) is 5.66 Å². The monoisotopic (exact) mass is 447 g/mol. The van der Waals surface area contributed by atoms with Gasteiger partial charge in [0.15, 0.2) is 0 Å². The quantitative estimate of drug-likeness (QED) is 0.590. The third-order valence-electron chi connectivity index (χ3n) is 5.63. The zero-order valence-corrected chi connectivity index (χ0v) is 17.5. The van der Waals surface area contributed by atoms with E-state index in [-0.39, 0.29) is 11.8 Å². The highest BCUT2D eigenvalue weighted by molar-refractivity contribution is 9.10. The number of nitrogens with one attached hydrogen (secondary N) is 1. The van der Waals surface area contributed by atoms with Crippen LogP contribution in [0.4, 0.5) is 17.1 Å². The molecular formula is C23H18BrN3O2. The molecule has 29 heavy (non-hydrogen) atoms. The molecule has 2 aliphatic heterocycles. The summed E-state index contributed by atoms with van der Waals surface area (Å²) in [5.41, 5.74) is 3.09. The predicted molar refractivity (Wildman–Crippen MR) is 117 cm³/mol. The summed E-state index contributed by atoms with van der Waals surface area (Å²) in [4.78, 5) is 30.6. The minimum atomic E-state index is -1.35. The zero-order chi connectivity index (χ0) is 20.3. The van der Waals surface area contributed by atoms with Crippen molar-refractivity contribution in [3.05, 3.63) is 87.9 Å². The predicted octanol–water partition coefficient (Wildman–Crippen LogP) is 4.66. The summed E-state index contributed by atoms with van der Waals surface area (Å²) in [6.07, 6.45) is 0. The Kier molecular flexibility index (Phi) is 3.83. The van der Waals surface area contributed by atoms with Crippen LogP contribution in [0, 0.1) is 6.92 Å². The zero-order valence-electron chi connectivity index (χ0n) is 15.9. The lowest BCUT2D eigenvalue weighted by molar-refractivity contribution is -0.121. The number of hydrogen-bond donors (Lipinski definition) is 1. The van der Waals surface area contributed by atoms with Crippen LogP contribution in [0.15, 0.2) is 71.2 Å². The Bertz CT molecular complexity index is 1170. The molecule has 5 nitrogen and oxygen atoms in total. The van der Waals surface area contributed by atoms with Crippen molar-refractivity contribution < 1.29 is 9.59 Å². The number of amides is 2. The van der Waals surface area contributed by atoms with Crippen LogP contribution in [0.5, 0.6) is 0 Å². The maximum atomic E-state index is 13.7. The van der Waals surface area contributed by atoms with E-state index in [0.717, 1.165) is 21.3 Å². The van der Waals surface area contributed by atoms with Gasteiger partial charge >= 0.3 is 0 Å². The first-order valence-electron chi connectivity index (χ1n) is 9.30. The lowest BCUT2D eigenvalue weighted by atomic mass is 9.92.